The molecule has 1 amide bonds. The van der Waals surface area contributed by atoms with E-state index in [1.807, 2.05) is 29.2 Å². The molecule has 1 heterocycles. The third-order valence-corrected chi connectivity index (χ3v) is 7.17. The van der Waals surface area contributed by atoms with Gasteiger partial charge in [0.1, 0.15) is 5.82 Å². The van der Waals surface area contributed by atoms with E-state index in [9.17, 15) is 18.8 Å². The number of hydrogen-bond donors (Lipinski definition) is 0. The molecule has 0 aromatic heterocycles. The second kappa shape index (κ2) is 10.3. The topological polar surface area (TPSA) is 63.7 Å². The van der Waals surface area contributed by atoms with Crippen molar-refractivity contribution in [2.75, 3.05) is 13.7 Å². The number of likely N-dealkylation sites (tertiary alicyclic amines) is 1. The number of amides is 1. The molecule has 34 heavy (non-hydrogen) atoms. The number of esters is 1. The van der Waals surface area contributed by atoms with Crippen LogP contribution in [0.3, 0.4) is 0 Å². The number of rotatable bonds is 8. The minimum Gasteiger partial charge on any atom is -0.465 e. The van der Waals surface area contributed by atoms with Crippen LogP contribution in [0.25, 0.3) is 0 Å². The molecule has 0 N–H and O–H groups in total. The molecule has 4 rings (SSSR count). The molecule has 178 valence electrons. The van der Waals surface area contributed by atoms with E-state index in [2.05, 4.69) is 0 Å². The minimum absolute atomic E-state index is 0.00621. The van der Waals surface area contributed by atoms with Gasteiger partial charge in [0, 0.05) is 13.0 Å². The van der Waals surface area contributed by atoms with E-state index in [0.717, 1.165) is 24.0 Å². The van der Waals surface area contributed by atoms with Crippen LogP contribution in [0, 0.1) is 5.82 Å². The maximum absolute atomic E-state index is 13.9. The van der Waals surface area contributed by atoms with Gasteiger partial charge in [-0.25, -0.2) is 9.18 Å². The molecule has 1 saturated carbocycles. The van der Waals surface area contributed by atoms with Crippen molar-refractivity contribution in [2.45, 2.75) is 56.4 Å². The van der Waals surface area contributed by atoms with Gasteiger partial charge in [-0.1, -0.05) is 43.2 Å². The summed E-state index contributed by atoms with van der Waals surface area (Å²) in [6.07, 6.45) is 8.58. The van der Waals surface area contributed by atoms with Crippen LogP contribution >= 0.6 is 0 Å². The first-order chi connectivity index (χ1) is 16.4. The molecule has 1 aliphatic carbocycles. The highest BCUT2D eigenvalue weighted by atomic mass is 19.1. The summed E-state index contributed by atoms with van der Waals surface area (Å²) >= 11 is 0. The van der Waals surface area contributed by atoms with Crippen molar-refractivity contribution in [1.82, 2.24) is 4.90 Å². The Bertz CT molecular complexity index is 1090. The average Bonchev–Trinajstić information content (AvgIpc) is 3.49. The van der Waals surface area contributed by atoms with Crippen molar-refractivity contribution in [1.29, 1.82) is 0 Å². The molecule has 2 aliphatic rings. The molecule has 1 atom stereocenters. The number of ketones is 1. The molecule has 0 radical (unpaired) electrons. The largest absolute Gasteiger partial charge is 0.465 e. The minimum atomic E-state index is -0.673. The van der Waals surface area contributed by atoms with E-state index >= 15 is 0 Å². The lowest BCUT2D eigenvalue weighted by molar-refractivity contribution is -0.128. The molecule has 1 saturated heterocycles. The number of methoxy groups -OCH3 is 1. The first-order valence-corrected chi connectivity index (χ1v) is 11.9. The molecule has 5 nitrogen and oxygen atoms in total. The summed E-state index contributed by atoms with van der Waals surface area (Å²) in [5.41, 5.74) is 1.58. The van der Waals surface area contributed by atoms with Crippen molar-refractivity contribution < 1.29 is 23.5 Å². The van der Waals surface area contributed by atoms with Gasteiger partial charge < -0.3 is 9.64 Å². The van der Waals surface area contributed by atoms with Crippen LogP contribution in [0.2, 0.25) is 0 Å². The predicted molar refractivity (Wildman–Crippen MR) is 127 cm³/mol. The first-order valence-electron chi connectivity index (χ1n) is 11.9. The third kappa shape index (κ3) is 4.96. The maximum Gasteiger partial charge on any atom is 0.337 e. The zero-order valence-electron chi connectivity index (χ0n) is 19.5. The number of benzene rings is 2. The highest BCUT2D eigenvalue weighted by Gasteiger charge is 2.41. The van der Waals surface area contributed by atoms with Crippen LogP contribution in [0.4, 0.5) is 4.39 Å². The van der Waals surface area contributed by atoms with Gasteiger partial charge in [0.15, 0.2) is 5.78 Å². The third-order valence-electron chi connectivity index (χ3n) is 7.17. The molecule has 2 aromatic carbocycles. The monoisotopic (exact) mass is 463 g/mol. The summed E-state index contributed by atoms with van der Waals surface area (Å²) < 4.78 is 18.6. The smallest absolute Gasteiger partial charge is 0.337 e. The molecule has 1 aliphatic heterocycles. The zero-order valence-corrected chi connectivity index (χ0v) is 19.5. The summed E-state index contributed by atoms with van der Waals surface area (Å²) in [5, 5.41) is 0. The van der Waals surface area contributed by atoms with Gasteiger partial charge in [-0.05, 0) is 67.2 Å². The zero-order chi connectivity index (χ0) is 24.1. The molecule has 6 heteroatoms. The van der Waals surface area contributed by atoms with Gasteiger partial charge in [-0.15, -0.1) is 0 Å². The van der Waals surface area contributed by atoms with E-state index in [0.29, 0.717) is 44.2 Å². The highest BCUT2D eigenvalue weighted by Crippen LogP contribution is 2.42. The van der Waals surface area contributed by atoms with Gasteiger partial charge >= 0.3 is 5.97 Å². The molecule has 2 fully saturated rings. The van der Waals surface area contributed by atoms with E-state index < -0.39 is 5.41 Å². The Kier molecular flexibility index (Phi) is 7.25. The summed E-state index contributed by atoms with van der Waals surface area (Å²) in [4.78, 5) is 39.3. The van der Waals surface area contributed by atoms with Gasteiger partial charge in [-0.2, -0.15) is 0 Å². The van der Waals surface area contributed by atoms with E-state index in [1.165, 1.54) is 19.2 Å². The fraction of sp³-hybridized carbons (Fsp3) is 0.393. The van der Waals surface area contributed by atoms with Crippen LogP contribution in [0.15, 0.2) is 60.7 Å². The van der Waals surface area contributed by atoms with Crippen molar-refractivity contribution in [3.05, 3.63) is 83.2 Å². The van der Waals surface area contributed by atoms with Gasteiger partial charge in [0.05, 0.1) is 24.1 Å². The Hall–Kier alpha value is -3.28. The summed E-state index contributed by atoms with van der Waals surface area (Å²) in [6.45, 7) is 0.536. The van der Waals surface area contributed by atoms with Gasteiger partial charge in [-0.3, -0.25) is 9.59 Å². The molecule has 2 aromatic rings. The molecule has 0 bridgehead atoms. The van der Waals surface area contributed by atoms with Crippen LogP contribution in [-0.2, 0) is 26.2 Å². The Morgan fingerprint density at radius 3 is 2.56 bits per heavy atom. The molecular weight excluding hydrogens is 433 g/mol. The second-order valence-electron chi connectivity index (χ2n) is 9.15. The number of ether oxygens (including phenoxy) is 1. The quantitative estimate of drug-likeness (QED) is 0.417. The van der Waals surface area contributed by atoms with E-state index in [4.69, 9.17) is 4.74 Å². The number of nitrogens with zero attached hydrogens (tertiary/aromatic N) is 1. The van der Waals surface area contributed by atoms with Crippen molar-refractivity contribution in [3.8, 4) is 0 Å². The van der Waals surface area contributed by atoms with Gasteiger partial charge in [0.2, 0.25) is 5.91 Å². The Morgan fingerprint density at radius 1 is 1.15 bits per heavy atom. The summed E-state index contributed by atoms with van der Waals surface area (Å²) in [5.74, 6) is -0.635. The van der Waals surface area contributed by atoms with Gasteiger partial charge in [0.25, 0.3) is 0 Å². The fourth-order valence-electron chi connectivity index (χ4n) is 5.22. The Morgan fingerprint density at radius 2 is 1.88 bits per heavy atom. The molecule has 0 spiro atoms. The standard InChI is InChI=1S/C28H30FNO4/c1-34-27(33)21-9-7-20(8-10-21)15-18-30-24(12-14-26(30)32)11-13-25(31)28(16-2-3-17-28)22-5-4-6-23(29)19-22/h4-11,13,19,24H,2-3,12,14-18H2,1H3/t24-/m0/s1. The maximum atomic E-state index is 13.9. The van der Waals surface area contributed by atoms with Crippen molar-refractivity contribution in [3.63, 3.8) is 0 Å². The summed E-state index contributed by atoms with van der Waals surface area (Å²) in [7, 11) is 1.35. The second-order valence-corrected chi connectivity index (χ2v) is 9.15. The number of halogens is 1. The van der Waals surface area contributed by atoms with Crippen molar-refractivity contribution in [2.24, 2.45) is 0 Å². The number of allylic oxidation sites excluding steroid dienone is 1. The Labute approximate surface area is 199 Å². The number of hydrogen-bond acceptors (Lipinski definition) is 4. The van der Waals surface area contributed by atoms with E-state index in [-0.39, 0.29) is 29.5 Å². The van der Waals surface area contributed by atoms with Crippen molar-refractivity contribution >= 4 is 17.7 Å². The lowest BCUT2D eigenvalue weighted by Gasteiger charge is -2.27. The fourth-order valence-corrected chi connectivity index (χ4v) is 5.22. The highest BCUT2D eigenvalue weighted by molar-refractivity contribution is 5.99. The molecular formula is C28H30FNO4. The van der Waals surface area contributed by atoms with Crippen LogP contribution in [-0.4, -0.2) is 42.3 Å². The van der Waals surface area contributed by atoms with Crippen LogP contribution in [0.5, 0.6) is 0 Å². The lowest BCUT2D eigenvalue weighted by atomic mass is 9.75. The van der Waals surface area contributed by atoms with Crippen LogP contribution in [0.1, 0.15) is 60.0 Å². The normalized spacial score (nSPS) is 19.6. The predicted octanol–water partition coefficient (Wildman–Crippen LogP) is 4.78. The Balaban J connectivity index is 1.43. The lowest BCUT2D eigenvalue weighted by Crippen LogP contribution is -2.35. The SMILES string of the molecule is COC(=O)c1ccc(CCN2C(=O)CC[C@@H]2C=CC(=O)C2(c3cccc(F)c3)CCCC2)cc1. The van der Waals surface area contributed by atoms with E-state index in [1.54, 1.807) is 24.3 Å². The van der Waals surface area contributed by atoms with Crippen LogP contribution < -0.4 is 0 Å². The number of carbonyl (C=O) groups excluding carboxylic acids is 3. The first kappa shape index (κ1) is 23.9. The summed E-state index contributed by atoms with van der Waals surface area (Å²) in [6, 6.07) is 13.4. The molecule has 0 unspecified atom stereocenters. The average molecular weight is 464 g/mol. The number of carbonyl (C=O) groups is 3.